The van der Waals surface area contributed by atoms with Crippen LogP contribution in [-0.2, 0) is 13.1 Å². The van der Waals surface area contributed by atoms with Crippen molar-refractivity contribution in [2.45, 2.75) is 13.1 Å². The third-order valence-corrected chi connectivity index (χ3v) is 6.02. The summed E-state index contributed by atoms with van der Waals surface area (Å²) in [7, 11) is 0. The second kappa shape index (κ2) is 8.31. The van der Waals surface area contributed by atoms with Crippen molar-refractivity contribution in [1.82, 2.24) is 29.6 Å². The highest BCUT2D eigenvalue weighted by atomic mass is 32.1. The smallest absolute Gasteiger partial charge is 0.280 e. The summed E-state index contributed by atoms with van der Waals surface area (Å²) in [5.74, 6) is -0.580. The largest absolute Gasteiger partial charge is 0.348 e. The van der Waals surface area contributed by atoms with Crippen molar-refractivity contribution < 1.29 is 9.18 Å². The molecule has 0 saturated heterocycles. The Morgan fingerprint density at radius 3 is 2.75 bits per heavy atom. The number of carbonyl (C=O) groups is 1. The normalized spacial score (nSPS) is 11.3. The van der Waals surface area contributed by atoms with Crippen LogP contribution in [0.4, 0.5) is 4.39 Å². The number of hydrogen-bond acceptors (Lipinski definition) is 6. The molecule has 0 spiro atoms. The van der Waals surface area contributed by atoms with E-state index in [2.05, 4.69) is 20.4 Å². The molecule has 5 rings (SSSR count). The average Bonchev–Trinajstić information content (AvgIpc) is 3.42. The fourth-order valence-corrected chi connectivity index (χ4v) is 4.26. The van der Waals surface area contributed by atoms with Crippen LogP contribution < -0.4 is 10.9 Å². The standard InChI is InChI=1S/C22H17FN6O2S/c23-15-7-5-14(6-8-15)12-28-13-25-19-16(22(28)31)11-26-29(19)10-9-24-20(30)21-27-17-3-1-2-4-18(17)32-21/h1-8,11,13H,9-10,12H2,(H,24,30). The Morgan fingerprint density at radius 2 is 1.94 bits per heavy atom. The van der Waals surface area contributed by atoms with Gasteiger partial charge in [-0.15, -0.1) is 11.3 Å². The van der Waals surface area contributed by atoms with E-state index in [1.807, 2.05) is 24.3 Å². The molecule has 0 aliphatic heterocycles. The Hall–Kier alpha value is -3.92. The molecule has 1 N–H and O–H groups in total. The van der Waals surface area contributed by atoms with Crippen molar-refractivity contribution >= 4 is 38.5 Å². The number of nitrogens with zero attached hydrogens (tertiary/aromatic N) is 5. The van der Waals surface area contributed by atoms with Crippen LogP contribution in [-0.4, -0.2) is 36.8 Å². The van der Waals surface area contributed by atoms with Gasteiger partial charge in [-0.05, 0) is 29.8 Å². The first kappa shape index (κ1) is 20.0. The van der Waals surface area contributed by atoms with Gasteiger partial charge < -0.3 is 5.32 Å². The highest BCUT2D eigenvalue weighted by molar-refractivity contribution is 7.20. The number of carbonyl (C=O) groups excluding carboxylic acids is 1. The summed E-state index contributed by atoms with van der Waals surface area (Å²) in [5.41, 5.74) is 1.80. The molecule has 0 fully saturated rings. The van der Waals surface area contributed by atoms with E-state index in [1.165, 1.54) is 40.6 Å². The molecule has 0 aliphatic rings. The lowest BCUT2D eigenvalue weighted by atomic mass is 10.2. The Morgan fingerprint density at radius 1 is 1.12 bits per heavy atom. The molecule has 160 valence electrons. The second-order valence-corrected chi connectivity index (χ2v) is 8.18. The lowest BCUT2D eigenvalue weighted by Gasteiger charge is -2.07. The van der Waals surface area contributed by atoms with E-state index in [4.69, 9.17) is 0 Å². The van der Waals surface area contributed by atoms with Gasteiger partial charge in [-0.2, -0.15) is 5.10 Å². The number of nitrogens with one attached hydrogen (secondary N) is 1. The van der Waals surface area contributed by atoms with Crippen molar-refractivity contribution in [3.63, 3.8) is 0 Å². The van der Waals surface area contributed by atoms with Crippen LogP contribution in [0.3, 0.4) is 0 Å². The Labute approximate surface area is 185 Å². The zero-order valence-electron chi connectivity index (χ0n) is 16.7. The van der Waals surface area contributed by atoms with Crippen LogP contribution in [0.1, 0.15) is 15.4 Å². The topological polar surface area (TPSA) is 94.7 Å². The maximum Gasteiger partial charge on any atom is 0.280 e. The Balaban J connectivity index is 1.27. The maximum absolute atomic E-state index is 13.1. The highest BCUT2D eigenvalue weighted by Gasteiger charge is 2.13. The molecule has 0 radical (unpaired) electrons. The molecular weight excluding hydrogens is 431 g/mol. The summed E-state index contributed by atoms with van der Waals surface area (Å²) >= 11 is 1.34. The van der Waals surface area contributed by atoms with Gasteiger partial charge in [0.1, 0.15) is 17.5 Å². The Kier molecular flexibility index (Phi) is 5.20. The van der Waals surface area contributed by atoms with E-state index < -0.39 is 0 Å². The van der Waals surface area contributed by atoms with Gasteiger partial charge in [0.2, 0.25) is 0 Å². The lowest BCUT2D eigenvalue weighted by molar-refractivity contribution is 0.0952. The van der Waals surface area contributed by atoms with E-state index in [9.17, 15) is 14.0 Å². The van der Waals surface area contributed by atoms with Gasteiger partial charge >= 0.3 is 0 Å². The molecule has 5 aromatic rings. The number of fused-ring (bicyclic) bond motifs is 2. The number of thiazole rings is 1. The number of aromatic nitrogens is 5. The van der Waals surface area contributed by atoms with E-state index >= 15 is 0 Å². The van der Waals surface area contributed by atoms with Crippen LogP contribution in [0, 0.1) is 5.82 Å². The minimum Gasteiger partial charge on any atom is -0.348 e. The summed E-state index contributed by atoms with van der Waals surface area (Å²) in [4.78, 5) is 33.9. The van der Waals surface area contributed by atoms with Crippen LogP contribution >= 0.6 is 11.3 Å². The number of amides is 1. The van der Waals surface area contributed by atoms with Crippen molar-refractivity contribution in [2.75, 3.05) is 6.54 Å². The molecule has 0 unspecified atom stereocenters. The van der Waals surface area contributed by atoms with Crippen LogP contribution in [0.15, 0.2) is 65.8 Å². The van der Waals surface area contributed by atoms with Crippen molar-refractivity contribution in [3.05, 3.63) is 87.8 Å². The van der Waals surface area contributed by atoms with Crippen LogP contribution in [0.2, 0.25) is 0 Å². The minimum atomic E-state index is -0.328. The third kappa shape index (κ3) is 3.87. The molecule has 32 heavy (non-hydrogen) atoms. The molecular formula is C22H17FN6O2S. The van der Waals surface area contributed by atoms with Gasteiger partial charge in [-0.3, -0.25) is 14.2 Å². The van der Waals surface area contributed by atoms with E-state index in [0.29, 0.717) is 29.1 Å². The molecule has 0 atom stereocenters. The molecule has 2 aromatic carbocycles. The van der Waals surface area contributed by atoms with Crippen molar-refractivity contribution in [2.24, 2.45) is 0 Å². The van der Waals surface area contributed by atoms with Gasteiger partial charge in [0.05, 0.1) is 29.5 Å². The summed E-state index contributed by atoms with van der Waals surface area (Å²) in [6.45, 7) is 0.950. The molecule has 3 heterocycles. The second-order valence-electron chi connectivity index (χ2n) is 7.15. The molecule has 0 saturated carbocycles. The zero-order chi connectivity index (χ0) is 22.1. The number of benzene rings is 2. The van der Waals surface area contributed by atoms with Gasteiger partial charge in [0, 0.05) is 6.54 Å². The predicted molar refractivity (Wildman–Crippen MR) is 119 cm³/mol. The Bertz CT molecular complexity index is 1460. The SMILES string of the molecule is O=C(NCCn1ncc2c(=O)n(Cc3ccc(F)cc3)cnc21)c1nc2ccccc2s1. The molecule has 0 bridgehead atoms. The van der Waals surface area contributed by atoms with Gasteiger partial charge in [0.25, 0.3) is 11.5 Å². The first-order chi connectivity index (χ1) is 15.6. The van der Waals surface area contributed by atoms with Gasteiger partial charge in [-0.1, -0.05) is 24.3 Å². The third-order valence-electron chi connectivity index (χ3n) is 4.99. The van der Waals surface area contributed by atoms with E-state index in [0.717, 1.165) is 15.8 Å². The summed E-state index contributed by atoms with van der Waals surface area (Å²) in [6, 6.07) is 13.5. The molecule has 8 nitrogen and oxygen atoms in total. The monoisotopic (exact) mass is 448 g/mol. The first-order valence-electron chi connectivity index (χ1n) is 9.88. The fraction of sp³-hybridized carbons (Fsp3) is 0.136. The number of rotatable bonds is 6. The fourth-order valence-electron chi connectivity index (χ4n) is 3.38. The molecule has 3 aromatic heterocycles. The van der Waals surface area contributed by atoms with Gasteiger partial charge in [-0.25, -0.2) is 19.0 Å². The molecule has 1 amide bonds. The number of hydrogen-bond donors (Lipinski definition) is 1. The van der Waals surface area contributed by atoms with Crippen LogP contribution in [0.5, 0.6) is 0 Å². The highest BCUT2D eigenvalue weighted by Crippen LogP contribution is 2.21. The molecule has 0 aliphatic carbocycles. The van der Waals surface area contributed by atoms with Crippen molar-refractivity contribution in [3.8, 4) is 0 Å². The zero-order valence-corrected chi connectivity index (χ0v) is 17.6. The van der Waals surface area contributed by atoms with Crippen LogP contribution in [0.25, 0.3) is 21.3 Å². The minimum absolute atomic E-state index is 0.232. The average molecular weight is 448 g/mol. The summed E-state index contributed by atoms with van der Waals surface area (Å²) in [6.07, 6.45) is 2.92. The number of para-hydroxylation sites is 1. The summed E-state index contributed by atoms with van der Waals surface area (Å²) < 4.78 is 17.1. The van der Waals surface area contributed by atoms with E-state index in [-0.39, 0.29) is 23.8 Å². The van der Waals surface area contributed by atoms with Gasteiger partial charge in [0.15, 0.2) is 10.7 Å². The molecule has 10 heteroatoms. The number of halogens is 1. The van der Waals surface area contributed by atoms with Crippen molar-refractivity contribution in [1.29, 1.82) is 0 Å². The maximum atomic E-state index is 13.1. The van der Waals surface area contributed by atoms with E-state index in [1.54, 1.807) is 16.8 Å². The lowest BCUT2D eigenvalue weighted by Crippen LogP contribution is -2.27. The quantitative estimate of drug-likeness (QED) is 0.431. The summed E-state index contributed by atoms with van der Waals surface area (Å²) in [5, 5.41) is 7.86. The predicted octanol–water partition coefficient (Wildman–Crippen LogP) is 2.82. The first-order valence-corrected chi connectivity index (χ1v) is 10.7.